The number of aryl methyl sites for hydroxylation is 1. The molecule has 3 heteroatoms. The molecule has 2 aromatic rings. The van der Waals surface area contributed by atoms with Crippen molar-refractivity contribution in [3.05, 3.63) is 40.4 Å². The molecule has 0 aliphatic heterocycles. The van der Waals surface area contributed by atoms with Crippen LogP contribution in [0.25, 0.3) is 10.6 Å². The number of benzene rings is 1. The molecular formula is C18H22N2S. The Morgan fingerprint density at radius 3 is 2.71 bits per heavy atom. The number of nitrogens with zero attached hydrogens (tertiary/aromatic N) is 1. The maximum Gasteiger partial charge on any atom is 0.123 e. The lowest BCUT2D eigenvalue weighted by molar-refractivity contribution is 0.476. The Morgan fingerprint density at radius 2 is 2.00 bits per heavy atom. The maximum atomic E-state index is 4.92. The zero-order chi connectivity index (χ0) is 14.2. The van der Waals surface area contributed by atoms with Crippen molar-refractivity contribution in [1.82, 2.24) is 10.3 Å². The molecule has 1 heterocycles. The largest absolute Gasteiger partial charge is 0.309 e. The topological polar surface area (TPSA) is 24.9 Å². The normalized spacial score (nSPS) is 21.3. The molecule has 2 nitrogen and oxygen atoms in total. The molecule has 110 valence electrons. The summed E-state index contributed by atoms with van der Waals surface area (Å²) in [5, 5.41) is 4.81. The summed E-state index contributed by atoms with van der Waals surface area (Å²) in [5.74, 6) is 0.835. The quantitative estimate of drug-likeness (QED) is 0.887. The van der Waals surface area contributed by atoms with E-state index in [1.807, 2.05) is 11.3 Å². The van der Waals surface area contributed by atoms with Crippen LogP contribution < -0.4 is 5.32 Å². The predicted octanol–water partition coefficient (Wildman–Crippen LogP) is 4.67. The average molecular weight is 298 g/mol. The molecule has 21 heavy (non-hydrogen) atoms. The van der Waals surface area contributed by atoms with Crippen molar-refractivity contribution in [1.29, 1.82) is 0 Å². The summed E-state index contributed by atoms with van der Waals surface area (Å²) in [6, 6.07) is 9.65. The van der Waals surface area contributed by atoms with Gasteiger partial charge < -0.3 is 5.32 Å². The summed E-state index contributed by atoms with van der Waals surface area (Å²) < 4.78 is 0. The molecule has 1 aromatic heterocycles. The van der Waals surface area contributed by atoms with Crippen LogP contribution in [-0.4, -0.2) is 11.5 Å². The van der Waals surface area contributed by atoms with E-state index in [1.54, 1.807) is 0 Å². The molecule has 1 aromatic carbocycles. The predicted molar refractivity (Wildman–Crippen MR) is 88.9 cm³/mol. The Bertz CT molecular complexity index is 625. The van der Waals surface area contributed by atoms with Crippen molar-refractivity contribution in [3.8, 4) is 10.6 Å². The van der Waals surface area contributed by atoms with E-state index in [9.17, 15) is 0 Å². The summed E-state index contributed by atoms with van der Waals surface area (Å²) >= 11 is 1.89. The van der Waals surface area contributed by atoms with Crippen LogP contribution in [0.2, 0.25) is 0 Å². The van der Waals surface area contributed by atoms with Gasteiger partial charge in [-0.1, -0.05) is 31.2 Å². The fourth-order valence-corrected chi connectivity index (χ4v) is 4.53. The van der Waals surface area contributed by atoms with Crippen molar-refractivity contribution < 1.29 is 0 Å². The number of aromatic nitrogens is 1. The van der Waals surface area contributed by atoms with Crippen LogP contribution in [0.15, 0.2) is 24.3 Å². The second-order valence-corrected chi connectivity index (χ2v) is 7.26. The van der Waals surface area contributed by atoms with Crippen LogP contribution in [0.4, 0.5) is 0 Å². The fourth-order valence-electron chi connectivity index (χ4n) is 3.30. The first-order valence-corrected chi connectivity index (χ1v) is 9.00. The third-order valence-corrected chi connectivity index (χ3v) is 5.87. The highest BCUT2D eigenvalue weighted by atomic mass is 32.1. The second-order valence-electron chi connectivity index (χ2n) is 6.23. The van der Waals surface area contributed by atoms with E-state index >= 15 is 0 Å². The number of thiazole rings is 1. The van der Waals surface area contributed by atoms with E-state index in [1.165, 1.54) is 52.4 Å². The number of hydrogen-bond donors (Lipinski definition) is 1. The van der Waals surface area contributed by atoms with E-state index in [4.69, 9.17) is 4.98 Å². The summed E-state index contributed by atoms with van der Waals surface area (Å²) in [6.45, 7) is 3.22. The van der Waals surface area contributed by atoms with Gasteiger partial charge in [-0.3, -0.25) is 0 Å². The summed E-state index contributed by atoms with van der Waals surface area (Å²) in [7, 11) is 0. The Morgan fingerprint density at radius 1 is 1.19 bits per heavy atom. The lowest BCUT2D eigenvalue weighted by Gasteiger charge is -2.21. The molecule has 1 atom stereocenters. The first kappa shape index (κ1) is 13.5. The van der Waals surface area contributed by atoms with Gasteiger partial charge in [-0.05, 0) is 50.1 Å². The zero-order valence-corrected chi connectivity index (χ0v) is 13.4. The Hall–Kier alpha value is -1.19. The minimum Gasteiger partial charge on any atom is -0.309 e. The standard InChI is InChI=1S/C18H22N2S/c1-2-19-15-4-3-5-16-17(15)21-18(20-16)14-10-8-13(9-11-14)12-6-7-12/h8-12,15,19H,2-7H2,1H3. The van der Waals surface area contributed by atoms with Gasteiger partial charge >= 0.3 is 0 Å². The minimum atomic E-state index is 0.524. The van der Waals surface area contributed by atoms with Gasteiger partial charge in [0.1, 0.15) is 5.01 Å². The van der Waals surface area contributed by atoms with Gasteiger partial charge in [-0.2, -0.15) is 0 Å². The molecule has 1 fully saturated rings. The smallest absolute Gasteiger partial charge is 0.123 e. The van der Waals surface area contributed by atoms with Gasteiger partial charge in [0.25, 0.3) is 0 Å². The molecule has 0 saturated heterocycles. The van der Waals surface area contributed by atoms with E-state index < -0.39 is 0 Å². The van der Waals surface area contributed by atoms with Crippen molar-refractivity contribution in [2.45, 2.75) is 51.0 Å². The van der Waals surface area contributed by atoms with E-state index in [0.717, 1.165) is 18.9 Å². The first-order valence-electron chi connectivity index (χ1n) is 8.18. The number of rotatable bonds is 4. The highest BCUT2D eigenvalue weighted by Crippen LogP contribution is 2.41. The van der Waals surface area contributed by atoms with E-state index in [-0.39, 0.29) is 0 Å². The lowest BCUT2D eigenvalue weighted by Crippen LogP contribution is -2.23. The van der Waals surface area contributed by atoms with Crippen LogP contribution in [0.5, 0.6) is 0 Å². The highest BCUT2D eigenvalue weighted by Gasteiger charge is 2.25. The monoisotopic (exact) mass is 298 g/mol. The molecule has 0 radical (unpaired) electrons. The van der Waals surface area contributed by atoms with Gasteiger partial charge in [0.2, 0.25) is 0 Å². The van der Waals surface area contributed by atoms with Crippen LogP contribution in [0.1, 0.15) is 60.7 Å². The molecule has 1 unspecified atom stereocenters. The molecular weight excluding hydrogens is 276 g/mol. The number of hydrogen-bond acceptors (Lipinski definition) is 3. The molecule has 2 aliphatic rings. The molecule has 0 bridgehead atoms. The molecule has 1 N–H and O–H groups in total. The minimum absolute atomic E-state index is 0.524. The number of fused-ring (bicyclic) bond motifs is 1. The molecule has 2 aliphatic carbocycles. The van der Waals surface area contributed by atoms with Crippen molar-refractivity contribution in [2.75, 3.05) is 6.54 Å². The van der Waals surface area contributed by atoms with Crippen molar-refractivity contribution in [3.63, 3.8) is 0 Å². The average Bonchev–Trinajstić information content (AvgIpc) is 3.27. The summed E-state index contributed by atoms with van der Waals surface area (Å²) in [6.07, 6.45) is 6.40. The van der Waals surface area contributed by atoms with Crippen LogP contribution >= 0.6 is 11.3 Å². The molecule has 0 amide bonds. The Kier molecular flexibility index (Phi) is 3.56. The highest BCUT2D eigenvalue weighted by molar-refractivity contribution is 7.15. The summed E-state index contributed by atoms with van der Waals surface area (Å²) in [5.41, 5.74) is 4.12. The van der Waals surface area contributed by atoms with Crippen LogP contribution in [0, 0.1) is 0 Å². The third-order valence-electron chi connectivity index (χ3n) is 4.61. The van der Waals surface area contributed by atoms with Gasteiger partial charge in [0.15, 0.2) is 0 Å². The van der Waals surface area contributed by atoms with Crippen LogP contribution in [0.3, 0.4) is 0 Å². The van der Waals surface area contributed by atoms with E-state index in [2.05, 4.69) is 36.5 Å². The van der Waals surface area contributed by atoms with E-state index in [0.29, 0.717) is 6.04 Å². The molecule has 1 saturated carbocycles. The fraction of sp³-hybridized carbons (Fsp3) is 0.500. The number of nitrogens with one attached hydrogen (secondary N) is 1. The Balaban J connectivity index is 1.63. The summed E-state index contributed by atoms with van der Waals surface area (Å²) in [4.78, 5) is 6.40. The van der Waals surface area contributed by atoms with Gasteiger partial charge in [-0.15, -0.1) is 11.3 Å². The second kappa shape index (κ2) is 5.54. The SMILES string of the molecule is CCNC1CCCc2nc(-c3ccc(C4CC4)cc3)sc21. The van der Waals surface area contributed by atoms with Gasteiger partial charge in [-0.25, -0.2) is 4.98 Å². The maximum absolute atomic E-state index is 4.92. The van der Waals surface area contributed by atoms with Crippen molar-refractivity contribution in [2.24, 2.45) is 0 Å². The first-order chi connectivity index (χ1) is 10.3. The molecule has 4 rings (SSSR count). The van der Waals surface area contributed by atoms with Crippen molar-refractivity contribution >= 4 is 11.3 Å². The van der Waals surface area contributed by atoms with Gasteiger partial charge in [0, 0.05) is 16.5 Å². The van der Waals surface area contributed by atoms with Gasteiger partial charge in [0.05, 0.1) is 5.69 Å². The molecule has 0 spiro atoms. The lowest BCUT2D eigenvalue weighted by atomic mass is 9.98. The van der Waals surface area contributed by atoms with Crippen LogP contribution in [-0.2, 0) is 6.42 Å². The Labute approximate surface area is 130 Å². The zero-order valence-electron chi connectivity index (χ0n) is 12.6. The third kappa shape index (κ3) is 2.65.